The molecule has 0 aliphatic carbocycles. The molecule has 0 saturated heterocycles. The van der Waals surface area contributed by atoms with Crippen LogP contribution in [0.15, 0.2) is 0 Å². The van der Waals surface area contributed by atoms with Crippen LogP contribution in [0.1, 0.15) is 43.3 Å². The molecule has 86 valence electrons. The first kappa shape index (κ1) is 12.2. The highest BCUT2D eigenvalue weighted by Crippen LogP contribution is 2.18. The molecule has 0 bridgehead atoms. The number of nitrogens with zero attached hydrogens (tertiary/aromatic N) is 2. The van der Waals surface area contributed by atoms with Gasteiger partial charge in [0.15, 0.2) is 0 Å². The Labute approximate surface area is 92.9 Å². The smallest absolute Gasteiger partial charge is 0.0628 e. The highest BCUT2D eigenvalue weighted by molar-refractivity contribution is 5.24. The van der Waals surface area contributed by atoms with Gasteiger partial charge in [0.25, 0.3) is 0 Å². The first-order valence-electron chi connectivity index (χ1n) is 5.77. The van der Waals surface area contributed by atoms with E-state index in [4.69, 9.17) is 0 Å². The Hall–Kier alpha value is -0.830. The molecule has 1 heterocycles. The second-order valence-electron chi connectivity index (χ2n) is 4.39. The molecular formula is C12H23N3. The fourth-order valence-corrected chi connectivity index (χ4v) is 2.00. The summed E-state index contributed by atoms with van der Waals surface area (Å²) in [5, 5.41) is 7.76. The monoisotopic (exact) mass is 209 g/mol. The van der Waals surface area contributed by atoms with Gasteiger partial charge in [-0.3, -0.25) is 4.68 Å². The van der Waals surface area contributed by atoms with E-state index in [1.807, 2.05) is 7.05 Å². The summed E-state index contributed by atoms with van der Waals surface area (Å²) in [5.41, 5.74) is 3.95. The Kier molecular flexibility index (Phi) is 4.33. The molecule has 0 amide bonds. The quantitative estimate of drug-likeness (QED) is 0.754. The van der Waals surface area contributed by atoms with Crippen molar-refractivity contribution in [1.29, 1.82) is 0 Å². The molecule has 1 aromatic heterocycles. The fourth-order valence-electron chi connectivity index (χ4n) is 2.00. The van der Waals surface area contributed by atoms with E-state index in [9.17, 15) is 0 Å². The number of rotatable bonds is 5. The molecule has 0 fully saturated rings. The van der Waals surface area contributed by atoms with Crippen LogP contribution in [0.25, 0.3) is 0 Å². The normalized spacial score (nSPS) is 11.3. The molecule has 3 nitrogen and oxygen atoms in total. The van der Waals surface area contributed by atoms with Gasteiger partial charge in [-0.25, -0.2) is 0 Å². The zero-order valence-corrected chi connectivity index (χ0v) is 10.6. The number of nitrogens with one attached hydrogen (secondary N) is 1. The first-order chi connectivity index (χ1) is 7.07. The van der Waals surface area contributed by atoms with Crippen molar-refractivity contribution in [2.24, 2.45) is 0 Å². The lowest BCUT2D eigenvalue weighted by Gasteiger charge is -2.08. The van der Waals surface area contributed by atoms with E-state index in [0.29, 0.717) is 6.04 Å². The van der Waals surface area contributed by atoms with Crippen molar-refractivity contribution in [3.63, 3.8) is 0 Å². The summed E-state index contributed by atoms with van der Waals surface area (Å²) in [6.07, 6.45) is 2.31. The summed E-state index contributed by atoms with van der Waals surface area (Å²) in [5.74, 6) is 0. The van der Waals surface area contributed by atoms with Crippen molar-refractivity contribution in [3.05, 3.63) is 17.0 Å². The van der Waals surface area contributed by atoms with Crippen LogP contribution >= 0.6 is 0 Å². The van der Waals surface area contributed by atoms with Gasteiger partial charge < -0.3 is 5.32 Å². The topological polar surface area (TPSA) is 29.9 Å². The molecule has 1 N–H and O–H groups in total. The van der Waals surface area contributed by atoms with E-state index in [1.165, 1.54) is 23.4 Å². The lowest BCUT2D eigenvalue weighted by molar-refractivity contribution is 0.515. The predicted molar refractivity (Wildman–Crippen MR) is 64.3 cm³/mol. The standard InChI is InChI=1S/C12H23N3/c1-9(2)15-11(4)12(10(3)14-15)7-6-8-13-5/h9,13H,6-8H2,1-5H3. The van der Waals surface area contributed by atoms with Crippen LogP contribution in [-0.4, -0.2) is 23.4 Å². The molecule has 0 aliphatic rings. The molecule has 0 radical (unpaired) electrons. The second-order valence-corrected chi connectivity index (χ2v) is 4.39. The second kappa shape index (κ2) is 5.31. The third-order valence-electron chi connectivity index (χ3n) is 2.82. The van der Waals surface area contributed by atoms with Gasteiger partial charge in [0.2, 0.25) is 0 Å². The molecule has 0 unspecified atom stereocenters. The van der Waals surface area contributed by atoms with E-state index in [2.05, 4.69) is 42.8 Å². The molecule has 0 aromatic carbocycles. The molecule has 0 saturated carbocycles. The Bertz CT molecular complexity index is 313. The average Bonchev–Trinajstić information content (AvgIpc) is 2.45. The predicted octanol–water partition coefficient (Wildman–Crippen LogP) is 2.23. The third kappa shape index (κ3) is 2.81. The van der Waals surface area contributed by atoms with E-state index < -0.39 is 0 Å². The van der Waals surface area contributed by atoms with Crippen LogP contribution in [0.5, 0.6) is 0 Å². The maximum absolute atomic E-state index is 4.58. The highest BCUT2D eigenvalue weighted by Gasteiger charge is 2.12. The van der Waals surface area contributed by atoms with E-state index >= 15 is 0 Å². The van der Waals surface area contributed by atoms with Gasteiger partial charge >= 0.3 is 0 Å². The summed E-state index contributed by atoms with van der Waals surface area (Å²) < 4.78 is 2.13. The summed E-state index contributed by atoms with van der Waals surface area (Å²) >= 11 is 0. The zero-order chi connectivity index (χ0) is 11.4. The van der Waals surface area contributed by atoms with Crippen LogP contribution in [0, 0.1) is 13.8 Å². The van der Waals surface area contributed by atoms with Crippen LogP contribution in [-0.2, 0) is 6.42 Å². The first-order valence-corrected chi connectivity index (χ1v) is 5.77. The summed E-state index contributed by atoms with van der Waals surface area (Å²) in [6, 6.07) is 0.460. The number of hydrogen-bond acceptors (Lipinski definition) is 2. The Morgan fingerprint density at radius 2 is 2.00 bits per heavy atom. The molecule has 3 heteroatoms. The molecule has 15 heavy (non-hydrogen) atoms. The van der Waals surface area contributed by atoms with Gasteiger partial charge in [0.05, 0.1) is 5.69 Å². The van der Waals surface area contributed by atoms with E-state index in [0.717, 1.165) is 13.0 Å². The van der Waals surface area contributed by atoms with Crippen molar-refractivity contribution in [3.8, 4) is 0 Å². The summed E-state index contributed by atoms with van der Waals surface area (Å²) in [6.45, 7) is 9.72. The van der Waals surface area contributed by atoms with Crippen LogP contribution < -0.4 is 5.32 Å². The number of aryl methyl sites for hydroxylation is 1. The van der Waals surface area contributed by atoms with Gasteiger partial charge in [-0.15, -0.1) is 0 Å². The lowest BCUT2D eigenvalue weighted by atomic mass is 10.1. The van der Waals surface area contributed by atoms with Crippen molar-refractivity contribution in [2.45, 2.75) is 46.6 Å². The number of hydrogen-bond donors (Lipinski definition) is 1. The highest BCUT2D eigenvalue weighted by atomic mass is 15.3. The van der Waals surface area contributed by atoms with E-state index in [-0.39, 0.29) is 0 Å². The largest absolute Gasteiger partial charge is 0.320 e. The Morgan fingerprint density at radius 3 is 2.47 bits per heavy atom. The molecular weight excluding hydrogens is 186 g/mol. The van der Waals surface area contributed by atoms with Crippen molar-refractivity contribution in [2.75, 3.05) is 13.6 Å². The number of aromatic nitrogens is 2. The molecule has 0 aliphatic heterocycles. The van der Waals surface area contributed by atoms with Gasteiger partial charge in [0, 0.05) is 11.7 Å². The van der Waals surface area contributed by atoms with Crippen LogP contribution in [0.3, 0.4) is 0 Å². The minimum absolute atomic E-state index is 0.460. The van der Waals surface area contributed by atoms with Crippen molar-refractivity contribution >= 4 is 0 Å². The molecule has 0 atom stereocenters. The maximum Gasteiger partial charge on any atom is 0.0628 e. The molecule has 0 spiro atoms. The van der Waals surface area contributed by atoms with Crippen molar-refractivity contribution < 1.29 is 0 Å². The van der Waals surface area contributed by atoms with Crippen LogP contribution in [0.2, 0.25) is 0 Å². The molecule has 1 aromatic rings. The summed E-state index contributed by atoms with van der Waals surface area (Å²) in [7, 11) is 2.00. The molecule has 1 rings (SSSR count). The maximum atomic E-state index is 4.58. The van der Waals surface area contributed by atoms with Gasteiger partial charge in [0.1, 0.15) is 0 Å². The fraction of sp³-hybridized carbons (Fsp3) is 0.750. The SMILES string of the molecule is CNCCCc1c(C)nn(C(C)C)c1C. The van der Waals surface area contributed by atoms with Gasteiger partial charge in [-0.2, -0.15) is 5.10 Å². The lowest BCUT2D eigenvalue weighted by Crippen LogP contribution is -2.09. The zero-order valence-electron chi connectivity index (χ0n) is 10.6. The van der Waals surface area contributed by atoms with Gasteiger partial charge in [-0.1, -0.05) is 0 Å². The Morgan fingerprint density at radius 1 is 1.33 bits per heavy atom. The van der Waals surface area contributed by atoms with Crippen LogP contribution in [0.4, 0.5) is 0 Å². The summed E-state index contributed by atoms with van der Waals surface area (Å²) in [4.78, 5) is 0. The minimum Gasteiger partial charge on any atom is -0.320 e. The third-order valence-corrected chi connectivity index (χ3v) is 2.82. The average molecular weight is 209 g/mol. The Balaban J connectivity index is 2.79. The minimum atomic E-state index is 0.460. The van der Waals surface area contributed by atoms with Crippen molar-refractivity contribution in [1.82, 2.24) is 15.1 Å². The van der Waals surface area contributed by atoms with E-state index in [1.54, 1.807) is 0 Å². The van der Waals surface area contributed by atoms with Gasteiger partial charge in [-0.05, 0) is 59.7 Å².